The van der Waals surface area contributed by atoms with Gasteiger partial charge in [0.2, 0.25) is 0 Å². The Bertz CT molecular complexity index is 361. The summed E-state index contributed by atoms with van der Waals surface area (Å²) in [6, 6.07) is 5.62. The van der Waals surface area contributed by atoms with Crippen LogP contribution in [0.2, 0.25) is 5.02 Å². The number of halogens is 1. The summed E-state index contributed by atoms with van der Waals surface area (Å²) < 4.78 is 0. The van der Waals surface area contributed by atoms with Gasteiger partial charge in [0.15, 0.2) is 0 Å². The number of nitrogens with zero attached hydrogens (tertiary/aromatic N) is 1. The molecule has 0 spiro atoms. The first kappa shape index (κ1) is 12.5. The van der Waals surface area contributed by atoms with Crippen LogP contribution in [0.1, 0.15) is 13.3 Å². The second kappa shape index (κ2) is 5.61. The number of benzene rings is 1. The van der Waals surface area contributed by atoms with Gasteiger partial charge < -0.3 is 16.0 Å². The van der Waals surface area contributed by atoms with E-state index in [2.05, 4.69) is 17.1 Å². The van der Waals surface area contributed by atoms with E-state index in [4.69, 9.17) is 17.3 Å². The number of rotatable bonds is 4. The van der Waals surface area contributed by atoms with Crippen LogP contribution < -0.4 is 11.1 Å². The fourth-order valence-electron chi connectivity index (χ4n) is 2.34. The molecule has 3 N–H and O–H groups in total. The average molecular weight is 254 g/mol. The van der Waals surface area contributed by atoms with Gasteiger partial charge in [0.1, 0.15) is 0 Å². The zero-order valence-electron chi connectivity index (χ0n) is 10.2. The first-order chi connectivity index (χ1) is 8.20. The highest BCUT2D eigenvalue weighted by atomic mass is 35.5. The lowest BCUT2D eigenvalue weighted by Gasteiger charge is -2.16. The van der Waals surface area contributed by atoms with Crippen molar-refractivity contribution in [3.05, 3.63) is 23.2 Å². The van der Waals surface area contributed by atoms with Gasteiger partial charge in [0.25, 0.3) is 0 Å². The number of likely N-dealkylation sites (tertiary alicyclic amines) is 1. The molecule has 0 bridgehead atoms. The molecular formula is C13H20ClN3. The minimum atomic E-state index is 0.700. The lowest BCUT2D eigenvalue weighted by Crippen LogP contribution is -2.22. The second-order valence-corrected chi connectivity index (χ2v) is 5.04. The third kappa shape index (κ3) is 3.05. The number of anilines is 2. The summed E-state index contributed by atoms with van der Waals surface area (Å²) in [5, 5.41) is 4.09. The lowest BCUT2D eigenvalue weighted by atomic mass is 10.1. The summed E-state index contributed by atoms with van der Waals surface area (Å²) >= 11 is 6.12. The summed E-state index contributed by atoms with van der Waals surface area (Å²) in [6.45, 7) is 6.69. The molecule has 1 aliphatic rings. The molecule has 1 fully saturated rings. The maximum atomic E-state index is 6.12. The predicted molar refractivity (Wildman–Crippen MR) is 74.6 cm³/mol. The normalized spacial score (nSPS) is 20.7. The maximum Gasteiger partial charge on any atom is 0.0763 e. The minimum absolute atomic E-state index is 0.700. The molecule has 1 aromatic carbocycles. The Morgan fingerprint density at radius 1 is 1.53 bits per heavy atom. The van der Waals surface area contributed by atoms with Crippen LogP contribution in [0.5, 0.6) is 0 Å². The van der Waals surface area contributed by atoms with E-state index in [1.165, 1.54) is 19.5 Å². The number of nitrogen functional groups attached to an aromatic ring is 1. The maximum absolute atomic E-state index is 6.12. The molecular weight excluding hydrogens is 234 g/mol. The molecule has 1 aromatic rings. The third-order valence-electron chi connectivity index (χ3n) is 3.43. The zero-order valence-corrected chi connectivity index (χ0v) is 11.0. The highest BCUT2D eigenvalue weighted by Crippen LogP contribution is 2.28. The van der Waals surface area contributed by atoms with Crippen molar-refractivity contribution in [2.45, 2.75) is 13.3 Å². The number of nitrogens with one attached hydrogen (secondary N) is 1. The summed E-state index contributed by atoms with van der Waals surface area (Å²) in [6.07, 6.45) is 1.26. The smallest absolute Gasteiger partial charge is 0.0763 e. The van der Waals surface area contributed by atoms with Gasteiger partial charge in [-0.3, -0.25) is 0 Å². The molecule has 1 atom stereocenters. The Hall–Kier alpha value is -0.930. The van der Waals surface area contributed by atoms with Crippen molar-refractivity contribution in [2.75, 3.05) is 37.2 Å². The van der Waals surface area contributed by atoms with Crippen LogP contribution in [0.4, 0.5) is 11.4 Å². The number of nitrogens with two attached hydrogens (primary N) is 1. The Kier molecular flexibility index (Phi) is 4.13. The van der Waals surface area contributed by atoms with E-state index in [9.17, 15) is 0 Å². The van der Waals surface area contributed by atoms with Gasteiger partial charge in [-0.1, -0.05) is 24.6 Å². The van der Waals surface area contributed by atoms with Crippen molar-refractivity contribution >= 4 is 23.0 Å². The Balaban J connectivity index is 1.90. The van der Waals surface area contributed by atoms with Crippen LogP contribution in [0.15, 0.2) is 18.2 Å². The minimum Gasteiger partial charge on any atom is -0.397 e. The van der Waals surface area contributed by atoms with Crippen LogP contribution in [-0.4, -0.2) is 31.1 Å². The van der Waals surface area contributed by atoms with Crippen molar-refractivity contribution in [1.82, 2.24) is 4.90 Å². The predicted octanol–water partition coefficient (Wildman–Crippen LogP) is 2.68. The lowest BCUT2D eigenvalue weighted by molar-refractivity contribution is 0.345. The molecule has 3 nitrogen and oxygen atoms in total. The first-order valence-electron chi connectivity index (χ1n) is 6.21. The average Bonchev–Trinajstić information content (AvgIpc) is 2.76. The van der Waals surface area contributed by atoms with E-state index in [0.717, 1.165) is 24.5 Å². The summed E-state index contributed by atoms with van der Waals surface area (Å²) in [7, 11) is 0. The van der Waals surface area contributed by atoms with Gasteiger partial charge in [0, 0.05) is 13.1 Å². The summed E-state index contributed by atoms with van der Waals surface area (Å²) in [5.74, 6) is 0.700. The Labute approximate surface area is 108 Å². The SMILES string of the molecule is CCN1CCC(CNc2c(N)cccc2Cl)C1. The van der Waals surface area contributed by atoms with E-state index in [1.807, 2.05) is 18.2 Å². The standard InChI is InChI=1S/C13H20ClN3/c1-2-17-7-6-10(9-17)8-16-13-11(14)4-3-5-12(13)15/h3-5,10,16H,2,6-9,15H2,1H3. The highest BCUT2D eigenvalue weighted by Gasteiger charge is 2.21. The van der Waals surface area contributed by atoms with Gasteiger partial charge in [-0.2, -0.15) is 0 Å². The largest absolute Gasteiger partial charge is 0.397 e. The molecule has 4 heteroatoms. The van der Waals surface area contributed by atoms with Crippen molar-refractivity contribution in [1.29, 1.82) is 0 Å². The van der Waals surface area contributed by atoms with Gasteiger partial charge in [-0.25, -0.2) is 0 Å². The van der Waals surface area contributed by atoms with E-state index < -0.39 is 0 Å². The molecule has 17 heavy (non-hydrogen) atoms. The van der Waals surface area contributed by atoms with Crippen molar-refractivity contribution in [3.8, 4) is 0 Å². The van der Waals surface area contributed by atoms with Gasteiger partial charge >= 0.3 is 0 Å². The van der Waals surface area contributed by atoms with Crippen LogP contribution in [0, 0.1) is 5.92 Å². The fraction of sp³-hybridized carbons (Fsp3) is 0.538. The molecule has 2 rings (SSSR count). The van der Waals surface area contributed by atoms with Crippen molar-refractivity contribution < 1.29 is 0 Å². The molecule has 0 aliphatic carbocycles. The number of hydrogen-bond acceptors (Lipinski definition) is 3. The quantitative estimate of drug-likeness (QED) is 0.811. The molecule has 0 aromatic heterocycles. The van der Waals surface area contributed by atoms with Gasteiger partial charge in [0.05, 0.1) is 16.4 Å². The highest BCUT2D eigenvalue weighted by molar-refractivity contribution is 6.33. The number of hydrogen-bond donors (Lipinski definition) is 2. The molecule has 1 saturated heterocycles. The third-order valence-corrected chi connectivity index (χ3v) is 3.75. The van der Waals surface area contributed by atoms with E-state index >= 15 is 0 Å². The summed E-state index contributed by atoms with van der Waals surface area (Å²) in [5.41, 5.74) is 7.51. The second-order valence-electron chi connectivity index (χ2n) is 4.63. The van der Waals surface area contributed by atoms with Gasteiger partial charge in [-0.05, 0) is 37.6 Å². The molecule has 1 heterocycles. The van der Waals surface area contributed by atoms with E-state index in [0.29, 0.717) is 10.9 Å². The van der Waals surface area contributed by atoms with Crippen molar-refractivity contribution in [2.24, 2.45) is 5.92 Å². The molecule has 1 aliphatic heterocycles. The molecule has 0 radical (unpaired) electrons. The fourth-order valence-corrected chi connectivity index (χ4v) is 2.59. The van der Waals surface area contributed by atoms with E-state index in [1.54, 1.807) is 0 Å². The van der Waals surface area contributed by atoms with Crippen LogP contribution in [0.25, 0.3) is 0 Å². The molecule has 1 unspecified atom stereocenters. The topological polar surface area (TPSA) is 41.3 Å². The first-order valence-corrected chi connectivity index (χ1v) is 6.58. The summed E-state index contributed by atoms with van der Waals surface area (Å²) in [4.78, 5) is 2.47. The van der Waals surface area contributed by atoms with Crippen molar-refractivity contribution in [3.63, 3.8) is 0 Å². The zero-order chi connectivity index (χ0) is 12.3. The van der Waals surface area contributed by atoms with Gasteiger partial charge in [-0.15, -0.1) is 0 Å². The van der Waals surface area contributed by atoms with E-state index in [-0.39, 0.29) is 0 Å². The molecule has 0 saturated carbocycles. The Morgan fingerprint density at radius 2 is 2.35 bits per heavy atom. The molecule has 0 amide bonds. The van der Waals surface area contributed by atoms with Crippen LogP contribution in [0.3, 0.4) is 0 Å². The van der Waals surface area contributed by atoms with Crippen LogP contribution in [-0.2, 0) is 0 Å². The van der Waals surface area contributed by atoms with Crippen LogP contribution >= 0.6 is 11.6 Å². The monoisotopic (exact) mass is 253 g/mol. The number of para-hydroxylation sites is 1. The Morgan fingerprint density at radius 3 is 3.00 bits per heavy atom. The molecule has 94 valence electrons.